The summed E-state index contributed by atoms with van der Waals surface area (Å²) in [6, 6.07) is 15.7. The third kappa shape index (κ3) is 27.9. The van der Waals surface area contributed by atoms with Gasteiger partial charge >= 0.3 is 11.9 Å². The van der Waals surface area contributed by atoms with Gasteiger partial charge in [-0.25, -0.2) is 0 Å². The fraction of sp³-hybridized carbons (Fsp3) is 0.690. The van der Waals surface area contributed by atoms with E-state index in [2.05, 4.69) is 10.6 Å². The zero-order chi connectivity index (χ0) is 70.0. The summed E-state index contributed by atoms with van der Waals surface area (Å²) in [5.41, 5.74) is 34.4. The Labute approximate surface area is 553 Å². The molecule has 2 saturated heterocycles. The number of piperidine rings is 2. The van der Waals surface area contributed by atoms with Crippen LogP contribution >= 0.6 is 0 Å². The van der Waals surface area contributed by atoms with Crippen LogP contribution in [-0.4, -0.2) is 153 Å². The summed E-state index contributed by atoms with van der Waals surface area (Å²) in [5.74, 6) is -6.87. The highest BCUT2D eigenvalue weighted by molar-refractivity contribution is 5.96. The smallest absolute Gasteiger partial charge is 0.323 e. The zero-order valence-electron chi connectivity index (χ0n) is 57.6. The van der Waals surface area contributed by atoms with E-state index in [0.29, 0.717) is 83.7 Å². The maximum Gasteiger partial charge on any atom is 0.323 e. The van der Waals surface area contributed by atoms with Crippen molar-refractivity contribution < 1.29 is 58.2 Å². The largest absolute Gasteiger partial charge is 0.480 e. The number of benzene rings is 2. The summed E-state index contributed by atoms with van der Waals surface area (Å²) < 4.78 is 0. The van der Waals surface area contributed by atoms with Gasteiger partial charge in [0.25, 0.3) is 0 Å². The van der Waals surface area contributed by atoms with Crippen molar-refractivity contribution in [1.29, 1.82) is 0 Å². The van der Waals surface area contributed by atoms with Crippen LogP contribution in [-0.2, 0) is 60.8 Å². The molecule has 2 heterocycles. The van der Waals surface area contributed by atoms with Gasteiger partial charge in [-0.1, -0.05) is 143 Å². The number of hydrogen-bond donors (Lipinski definition) is 10. The van der Waals surface area contributed by atoms with Crippen LogP contribution in [0.25, 0.3) is 0 Å². The average molecular weight is 1300 g/mol. The number of carbonyl (C=O) groups is 10. The summed E-state index contributed by atoms with van der Waals surface area (Å²) in [6.45, 7) is 21.2. The quantitative estimate of drug-likeness (QED) is 0.0345. The van der Waals surface area contributed by atoms with Crippen molar-refractivity contribution in [3.05, 3.63) is 71.8 Å². The standard InChI is InChI=1S/C36H59N5O6.C35H57N5O6/c1-24(2)19-29(31(43)21-26(13-9-10-16-37)33(45)41-17-14-36(39,15-18-41)34(46)47)40-32(44)27(20-25-11-7-6-8-12-25)22-30(42)28(38)23-35(3,4)5;1-23(2)19-27(39-31(43)26(20-24-11-7-6-8-12-24)22-29(42)30(37)34(3,4)5)28(41)21-25(13-9-10-16-36)32(44)40-17-14-35(38,15-18-40)33(45)46/h6-8,11-12,24,26-29H,9-10,13-23,37-39H2,1-5H3,(H,40,44)(H,46,47);6-8,11-12,23,25-27,30H,9-10,13-22,36-38H2,1-5H3,(H,39,43)(H,45,46)/t26-,27-,28+,29+;25-,26-,27+,30?/m00/s1. The fourth-order valence-corrected chi connectivity index (χ4v) is 12.1. The van der Waals surface area contributed by atoms with E-state index in [9.17, 15) is 58.2 Å². The van der Waals surface area contributed by atoms with Crippen molar-refractivity contribution in [3.8, 4) is 0 Å². The van der Waals surface area contributed by atoms with E-state index < -0.39 is 82.2 Å². The lowest BCUT2D eigenvalue weighted by Gasteiger charge is -2.38. The van der Waals surface area contributed by atoms with E-state index in [0.717, 1.165) is 11.1 Å². The van der Waals surface area contributed by atoms with Crippen molar-refractivity contribution in [2.75, 3.05) is 39.3 Å². The second kappa shape index (κ2) is 38.3. The Balaban J connectivity index is 0.000000485. The number of Topliss-reactive ketones (excluding diaryl/α,β-unsaturated/α-hetero) is 4. The van der Waals surface area contributed by atoms with Crippen LogP contribution in [0, 0.1) is 46.3 Å². The first-order valence-electron chi connectivity index (χ1n) is 33.8. The third-order valence-electron chi connectivity index (χ3n) is 18.0. The van der Waals surface area contributed by atoms with Crippen LogP contribution in [0.15, 0.2) is 60.7 Å². The molecule has 0 aromatic heterocycles. The van der Waals surface area contributed by atoms with Crippen molar-refractivity contribution >= 4 is 58.7 Å². The molecule has 4 amide bonds. The number of carbonyl (C=O) groups excluding carboxylic acids is 8. The Bertz CT molecular complexity index is 2730. The second-order valence-electron chi connectivity index (χ2n) is 29.6. The van der Waals surface area contributed by atoms with Gasteiger partial charge in [-0.3, -0.25) is 47.9 Å². The SMILES string of the molecule is CC(C)C[C@@H](NC(=O)[C@H](CC(=O)C(N)C(C)(C)C)Cc1ccccc1)C(=O)C[C@H](CCCCN)C(=O)N1CCC(N)(C(=O)O)CC1.CC(C)C[C@@H](NC(=O)[C@H](CC(=O)[C@H](N)CC(C)(C)C)Cc1ccccc1)C(=O)C[C@H](CCCCN)C(=O)N1CCC(N)(C(=O)O)CC1. The lowest BCUT2D eigenvalue weighted by molar-refractivity contribution is -0.149. The minimum atomic E-state index is -1.37. The molecule has 2 aliphatic heterocycles. The Kier molecular flexibility index (Phi) is 33.3. The number of rotatable bonds is 37. The minimum absolute atomic E-state index is 0.0469. The molecule has 0 saturated carbocycles. The Morgan fingerprint density at radius 2 is 0.839 bits per heavy atom. The van der Waals surface area contributed by atoms with E-state index in [1.54, 1.807) is 9.80 Å². The number of nitrogens with two attached hydrogens (primary N) is 6. The summed E-state index contributed by atoms with van der Waals surface area (Å²) in [5, 5.41) is 24.9. The van der Waals surface area contributed by atoms with Crippen LogP contribution < -0.4 is 45.0 Å². The maximum atomic E-state index is 13.9. The molecule has 2 fully saturated rings. The molecule has 0 bridgehead atoms. The summed E-state index contributed by atoms with van der Waals surface area (Å²) in [4.78, 5) is 136. The number of amides is 4. The monoisotopic (exact) mass is 1300 g/mol. The van der Waals surface area contributed by atoms with Gasteiger partial charge in [0, 0.05) is 75.5 Å². The van der Waals surface area contributed by atoms with Gasteiger partial charge in [-0.2, -0.15) is 0 Å². The summed E-state index contributed by atoms with van der Waals surface area (Å²) >= 11 is 0. The van der Waals surface area contributed by atoms with Crippen LogP contribution in [0.2, 0.25) is 0 Å². The molecule has 2 aromatic carbocycles. The van der Waals surface area contributed by atoms with Gasteiger partial charge in [0.2, 0.25) is 23.6 Å². The number of unbranched alkanes of at least 4 members (excludes halogenated alkanes) is 2. The zero-order valence-corrected chi connectivity index (χ0v) is 57.6. The van der Waals surface area contributed by atoms with Crippen LogP contribution in [0.5, 0.6) is 0 Å². The topological polar surface area (TPSA) is 398 Å². The van der Waals surface area contributed by atoms with Crippen molar-refractivity contribution in [1.82, 2.24) is 20.4 Å². The lowest BCUT2D eigenvalue weighted by Crippen LogP contribution is -2.57. The number of likely N-dealkylation sites (tertiary alicyclic amines) is 2. The maximum absolute atomic E-state index is 13.9. The van der Waals surface area contributed by atoms with Gasteiger partial charge in [0.05, 0.1) is 24.2 Å². The number of carboxylic acids is 2. The van der Waals surface area contributed by atoms with Gasteiger partial charge in [-0.15, -0.1) is 0 Å². The molecule has 22 nitrogen and oxygen atoms in total. The van der Waals surface area contributed by atoms with Crippen molar-refractivity contribution in [3.63, 3.8) is 0 Å². The molecular formula is C71H116N10O12. The Hall–Kier alpha value is -6.30. The molecule has 522 valence electrons. The number of carboxylic acid groups (broad SMARTS) is 2. The van der Waals surface area contributed by atoms with E-state index >= 15 is 0 Å². The molecule has 0 radical (unpaired) electrons. The first-order valence-corrected chi connectivity index (χ1v) is 33.8. The second-order valence-corrected chi connectivity index (χ2v) is 29.6. The normalized spacial score (nSPS) is 17.5. The van der Waals surface area contributed by atoms with Crippen molar-refractivity contribution in [2.45, 2.75) is 226 Å². The molecule has 0 aliphatic carbocycles. The first-order chi connectivity index (χ1) is 43.4. The third-order valence-corrected chi connectivity index (χ3v) is 18.0. The van der Waals surface area contributed by atoms with Crippen LogP contribution in [0.1, 0.15) is 190 Å². The number of nitrogens with zero attached hydrogens (tertiary/aromatic N) is 2. The molecule has 8 atom stereocenters. The minimum Gasteiger partial charge on any atom is -0.480 e. The Morgan fingerprint density at radius 1 is 0.505 bits per heavy atom. The molecule has 1 unspecified atom stereocenters. The van der Waals surface area contributed by atoms with Crippen LogP contribution in [0.4, 0.5) is 0 Å². The number of nitrogens with one attached hydrogen (secondary N) is 2. The molecule has 2 aromatic rings. The fourth-order valence-electron chi connectivity index (χ4n) is 12.1. The molecule has 0 spiro atoms. The summed E-state index contributed by atoms with van der Waals surface area (Å²) in [6.07, 6.45) is 5.74. The van der Waals surface area contributed by atoms with E-state index in [1.807, 2.05) is 130 Å². The average Bonchev–Trinajstić information content (AvgIpc) is 0.944. The number of ketones is 4. The predicted octanol–water partition coefficient (Wildman–Crippen LogP) is 6.03. The first kappa shape index (κ1) is 80.9. The lowest BCUT2D eigenvalue weighted by atomic mass is 9.81. The summed E-state index contributed by atoms with van der Waals surface area (Å²) in [7, 11) is 0. The number of hydrogen-bond acceptors (Lipinski definition) is 16. The molecule has 4 rings (SSSR count). The molecule has 16 N–H and O–H groups in total. The number of aliphatic carboxylic acids is 2. The highest BCUT2D eigenvalue weighted by atomic mass is 16.4. The van der Waals surface area contributed by atoms with Gasteiger partial charge in [0.15, 0.2) is 17.3 Å². The van der Waals surface area contributed by atoms with Crippen molar-refractivity contribution in [2.24, 2.45) is 80.7 Å². The molecule has 2 aliphatic rings. The molecule has 93 heavy (non-hydrogen) atoms. The molecular weight excluding hydrogens is 1180 g/mol. The van der Waals surface area contributed by atoms with E-state index in [-0.39, 0.29) is 136 Å². The van der Waals surface area contributed by atoms with Gasteiger partial charge in [0.1, 0.15) is 16.9 Å². The highest BCUT2D eigenvalue weighted by Gasteiger charge is 2.43. The Morgan fingerprint density at radius 3 is 1.14 bits per heavy atom. The predicted molar refractivity (Wildman–Crippen MR) is 362 cm³/mol. The van der Waals surface area contributed by atoms with E-state index in [1.165, 1.54) is 0 Å². The van der Waals surface area contributed by atoms with Gasteiger partial charge < -0.3 is 65.0 Å². The van der Waals surface area contributed by atoms with Gasteiger partial charge in [-0.05, 0) is 130 Å². The molecule has 22 heteroatoms. The van der Waals surface area contributed by atoms with Crippen LogP contribution in [0.3, 0.4) is 0 Å². The van der Waals surface area contributed by atoms with E-state index in [4.69, 9.17) is 34.4 Å². The highest BCUT2D eigenvalue weighted by Crippen LogP contribution is 2.30.